The van der Waals surface area contributed by atoms with Crippen molar-refractivity contribution in [1.82, 2.24) is 14.9 Å². The Morgan fingerprint density at radius 2 is 1.67 bits per heavy atom. The monoisotopic (exact) mass is 253 g/mol. The summed E-state index contributed by atoms with van der Waals surface area (Å²) >= 11 is 0. The maximum Gasteiger partial charge on any atom is 0.254 e. The van der Waals surface area contributed by atoms with E-state index in [4.69, 9.17) is 4.74 Å². The van der Waals surface area contributed by atoms with Gasteiger partial charge in [0.05, 0.1) is 19.3 Å². The highest BCUT2D eigenvalue weighted by molar-refractivity contribution is 5.82. The molecule has 3 rings (SSSR count). The van der Waals surface area contributed by atoms with Gasteiger partial charge in [-0.1, -0.05) is 0 Å². The fraction of sp³-hybridized carbons (Fsp3) is 0.923. The zero-order chi connectivity index (χ0) is 12.4. The van der Waals surface area contributed by atoms with Gasteiger partial charge in [0, 0.05) is 32.7 Å². The highest BCUT2D eigenvalue weighted by Crippen LogP contribution is 2.22. The molecule has 0 saturated carbocycles. The standard InChI is InChI=1S/C13H23N3O2/c17-13-12(14-8-10-18-11-9-14)4-3-7-16(13)15-5-1-2-6-15/h12H,1-11H2. The Morgan fingerprint density at radius 1 is 0.944 bits per heavy atom. The van der Waals surface area contributed by atoms with Gasteiger partial charge in [0.2, 0.25) is 0 Å². The largest absolute Gasteiger partial charge is 0.379 e. The molecule has 5 heteroatoms. The SMILES string of the molecule is O=C1C(N2CCOCC2)CCCN1N1CCCC1. The second-order valence-electron chi connectivity index (χ2n) is 5.43. The lowest BCUT2D eigenvalue weighted by Gasteiger charge is -2.42. The van der Waals surface area contributed by atoms with E-state index in [1.54, 1.807) is 0 Å². The molecule has 1 amide bonds. The van der Waals surface area contributed by atoms with Gasteiger partial charge in [0.15, 0.2) is 0 Å². The van der Waals surface area contributed by atoms with Crippen LogP contribution in [0.1, 0.15) is 25.7 Å². The van der Waals surface area contributed by atoms with E-state index in [1.165, 1.54) is 12.8 Å². The van der Waals surface area contributed by atoms with Crippen molar-refractivity contribution < 1.29 is 9.53 Å². The molecule has 1 unspecified atom stereocenters. The third kappa shape index (κ3) is 2.39. The van der Waals surface area contributed by atoms with Crippen LogP contribution in [0.25, 0.3) is 0 Å². The Labute approximate surface area is 109 Å². The number of nitrogens with zero attached hydrogens (tertiary/aromatic N) is 3. The number of carbonyl (C=O) groups is 1. The molecule has 3 aliphatic rings. The molecule has 1 atom stereocenters. The lowest BCUT2D eigenvalue weighted by molar-refractivity contribution is -0.160. The third-order valence-electron chi connectivity index (χ3n) is 4.30. The first-order valence-corrected chi connectivity index (χ1v) is 7.24. The van der Waals surface area contributed by atoms with Gasteiger partial charge >= 0.3 is 0 Å². The molecule has 3 saturated heterocycles. The quantitative estimate of drug-likeness (QED) is 0.710. The van der Waals surface area contributed by atoms with Crippen LogP contribution < -0.4 is 0 Å². The van der Waals surface area contributed by atoms with Crippen molar-refractivity contribution in [3.05, 3.63) is 0 Å². The van der Waals surface area contributed by atoms with Crippen LogP contribution in [0.5, 0.6) is 0 Å². The number of hydrogen-bond donors (Lipinski definition) is 0. The molecule has 0 aliphatic carbocycles. The number of hydrogen-bond acceptors (Lipinski definition) is 4. The van der Waals surface area contributed by atoms with Crippen LogP contribution in [0.2, 0.25) is 0 Å². The predicted octanol–water partition coefficient (Wildman–Crippen LogP) is 0.320. The molecule has 0 N–H and O–H groups in total. The van der Waals surface area contributed by atoms with E-state index in [2.05, 4.69) is 9.91 Å². The van der Waals surface area contributed by atoms with Gasteiger partial charge in [-0.15, -0.1) is 0 Å². The fourth-order valence-electron chi connectivity index (χ4n) is 3.29. The van der Waals surface area contributed by atoms with Crippen LogP contribution in [0.3, 0.4) is 0 Å². The minimum Gasteiger partial charge on any atom is -0.379 e. The smallest absolute Gasteiger partial charge is 0.254 e. The average molecular weight is 253 g/mol. The molecule has 18 heavy (non-hydrogen) atoms. The van der Waals surface area contributed by atoms with E-state index in [0.717, 1.165) is 58.8 Å². The molecule has 0 aromatic carbocycles. The van der Waals surface area contributed by atoms with E-state index in [0.29, 0.717) is 5.91 Å². The van der Waals surface area contributed by atoms with E-state index in [-0.39, 0.29) is 6.04 Å². The highest BCUT2D eigenvalue weighted by atomic mass is 16.5. The Hall–Kier alpha value is -0.650. The lowest BCUT2D eigenvalue weighted by Crippen LogP contribution is -2.59. The van der Waals surface area contributed by atoms with E-state index in [9.17, 15) is 4.79 Å². The van der Waals surface area contributed by atoms with Gasteiger partial charge in [0.25, 0.3) is 5.91 Å². The first kappa shape index (κ1) is 12.4. The van der Waals surface area contributed by atoms with Crippen molar-refractivity contribution in [3.63, 3.8) is 0 Å². The molecule has 5 nitrogen and oxygen atoms in total. The Kier molecular flexibility index (Phi) is 3.82. The van der Waals surface area contributed by atoms with E-state index in [1.807, 2.05) is 5.01 Å². The molecule has 3 heterocycles. The zero-order valence-electron chi connectivity index (χ0n) is 11.0. The summed E-state index contributed by atoms with van der Waals surface area (Å²) < 4.78 is 5.38. The van der Waals surface area contributed by atoms with Gasteiger partial charge < -0.3 is 4.74 Å². The molecular formula is C13H23N3O2. The number of rotatable bonds is 2. The van der Waals surface area contributed by atoms with Crippen LogP contribution in [-0.2, 0) is 9.53 Å². The summed E-state index contributed by atoms with van der Waals surface area (Å²) in [6.45, 7) is 6.39. The van der Waals surface area contributed by atoms with Gasteiger partial charge in [-0.25, -0.2) is 5.01 Å². The summed E-state index contributed by atoms with van der Waals surface area (Å²) in [7, 11) is 0. The Morgan fingerprint density at radius 3 is 2.39 bits per heavy atom. The topological polar surface area (TPSA) is 36.0 Å². The van der Waals surface area contributed by atoms with Crippen molar-refractivity contribution in [2.75, 3.05) is 45.9 Å². The lowest BCUT2D eigenvalue weighted by atomic mass is 10.0. The minimum atomic E-state index is 0.100. The van der Waals surface area contributed by atoms with Crippen molar-refractivity contribution in [1.29, 1.82) is 0 Å². The van der Waals surface area contributed by atoms with Crippen molar-refractivity contribution in [3.8, 4) is 0 Å². The van der Waals surface area contributed by atoms with Crippen LogP contribution in [0.4, 0.5) is 0 Å². The number of carbonyl (C=O) groups excluding carboxylic acids is 1. The summed E-state index contributed by atoms with van der Waals surface area (Å²) in [5.41, 5.74) is 0. The molecule has 102 valence electrons. The first-order valence-electron chi connectivity index (χ1n) is 7.24. The Bertz CT molecular complexity index is 299. The number of piperidine rings is 1. The van der Waals surface area contributed by atoms with Crippen LogP contribution in [0, 0.1) is 0 Å². The maximum atomic E-state index is 12.6. The second-order valence-corrected chi connectivity index (χ2v) is 5.43. The van der Waals surface area contributed by atoms with Crippen molar-refractivity contribution >= 4 is 5.91 Å². The maximum absolute atomic E-state index is 12.6. The highest BCUT2D eigenvalue weighted by Gasteiger charge is 2.36. The predicted molar refractivity (Wildman–Crippen MR) is 67.9 cm³/mol. The summed E-state index contributed by atoms with van der Waals surface area (Å²) in [4.78, 5) is 14.9. The second kappa shape index (κ2) is 5.55. The van der Waals surface area contributed by atoms with Crippen LogP contribution in [0.15, 0.2) is 0 Å². The molecule has 3 aliphatic heterocycles. The summed E-state index contributed by atoms with van der Waals surface area (Å²) in [6.07, 6.45) is 4.60. The molecule has 0 radical (unpaired) electrons. The summed E-state index contributed by atoms with van der Waals surface area (Å²) in [6, 6.07) is 0.100. The molecular weight excluding hydrogens is 230 g/mol. The number of morpholine rings is 1. The minimum absolute atomic E-state index is 0.100. The number of amides is 1. The first-order chi connectivity index (χ1) is 8.86. The molecule has 0 spiro atoms. The number of hydrazine groups is 1. The van der Waals surface area contributed by atoms with Gasteiger partial charge in [-0.3, -0.25) is 14.7 Å². The molecule has 3 fully saturated rings. The van der Waals surface area contributed by atoms with Crippen LogP contribution >= 0.6 is 0 Å². The molecule has 0 aromatic rings. The van der Waals surface area contributed by atoms with Gasteiger partial charge in [-0.05, 0) is 25.7 Å². The Balaban J connectivity index is 1.65. The third-order valence-corrected chi connectivity index (χ3v) is 4.30. The summed E-state index contributed by atoms with van der Waals surface area (Å²) in [5.74, 6) is 0.324. The normalized spacial score (nSPS) is 32.1. The summed E-state index contributed by atoms with van der Waals surface area (Å²) in [5, 5.41) is 4.28. The van der Waals surface area contributed by atoms with Gasteiger partial charge in [-0.2, -0.15) is 0 Å². The van der Waals surface area contributed by atoms with E-state index >= 15 is 0 Å². The molecule has 0 aromatic heterocycles. The van der Waals surface area contributed by atoms with Crippen molar-refractivity contribution in [2.45, 2.75) is 31.7 Å². The number of ether oxygens (including phenoxy) is 1. The van der Waals surface area contributed by atoms with Crippen LogP contribution in [-0.4, -0.2) is 72.8 Å². The van der Waals surface area contributed by atoms with Gasteiger partial charge in [0.1, 0.15) is 0 Å². The average Bonchev–Trinajstić information content (AvgIpc) is 2.94. The van der Waals surface area contributed by atoms with E-state index < -0.39 is 0 Å². The zero-order valence-corrected chi connectivity index (χ0v) is 11.0. The fourth-order valence-corrected chi connectivity index (χ4v) is 3.29. The van der Waals surface area contributed by atoms with Crippen molar-refractivity contribution in [2.24, 2.45) is 0 Å². The molecule has 0 bridgehead atoms.